The van der Waals surface area contributed by atoms with E-state index < -0.39 is 6.10 Å². The molecule has 5 nitrogen and oxygen atoms in total. The van der Waals surface area contributed by atoms with Crippen LogP contribution in [0.1, 0.15) is 26.2 Å². The van der Waals surface area contributed by atoms with Gasteiger partial charge >= 0.3 is 0 Å². The first-order valence-electron chi connectivity index (χ1n) is 9.73. The Morgan fingerprint density at radius 3 is 2.67 bits per heavy atom. The van der Waals surface area contributed by atoms with E-state index in [1.807, 2.05) is 11.8 Å². The predicted molar refractivity (Wildman–Crippen MR) is 110 cm³/mol. The number of carbonyl (C=O) groups excluding carboxylic acids is 1. The van der Waals surface area contributed by atoms with E-state index in [0.717, 1.165) is 63.3 Å². The molecule has 1 aromatic carbocycles. The van der Waals surface area contributed by atoms with Gasteiger partial charge in [0.1, 0.15) is 5.75 Å². The maximum atomic E-state index is 12.7. The van der Waals surface area contributed by atoms with Gasteiger partial charge in [-0.3, -0.25) is 9.69 Å². The SMILES string of the molecule is CC(Oc1ccc(Cl)cc1Br)C(=O)N1CCC(CCN2CCOCC2)CC1. The highest BCUT2D eigenvalue weighted by Gasteiger charge is 2.27. The second-order valence-electron chi connectivity index (χ2n) is 7.35. The maximum absolute atomic E-state index is 12.7. The molecule has 1 aromatic rings. The van der Waals surface area contributed by atoms with E-state index in [9.17, 15) is 4.79 Å². The molecule has 0 saturated carbocycles. The van der Waals surface area contributed by atoms with E-state index >= 15 is 0 Å². The largest absolute Gasteiger partial charge is 0.480 e. The molecule has 3 rings (SSSR count). The van der Waals surface area contributed by atoms with E-state index in [1.165, 1.54) is 6.42 Å². The number of piperidine rings is 1. The Hall–Kier alpha value is -0.820. The molecule has 1 atom stereocenters. The Labute approximate surface area is 175 Å². The summed E-state index contributed by atoms with van der Waals surface area (Å²) in [4.78, 5) is 17.2. The highest BCUT2D eigenvalue weighted by molar-refractivity contribution is 9.10. The summed E-state index contributed by atoms with van der Waals surface area (Å²) in [5.41, 5.74) is 0. The molecule has 0 aromatic heterocycles. The van der Waals surface area contributed by atoms with Crippen LogP contribution in [-0.4, -0.2) is 67.7 Å². The third-order valence-corrected chi connectivity index (χ3v) is 6.28. The molecule has 1 unspecified atom stereocenters. The topological polar surface area (TPSA) is 42.0 Å². The number of nitrogens with zero attached hydrogens (tertiary/aromatic N) is 2. The number of amides is 1. The minimum absolute atomic E-state index is 0.0588. The van der Waals surface area contributed by atoms with Crippen LogP contribution in [0.4, 0.5) is 0 Å². The van der Waals surface area contributed by atoms with Gasteiger partial charge in [-0.15, -0.1) is 0 Å². The summed E-state index contributed by atoms with van der Waals surface area (Å²) in [7, 11) is 0. The van der Waals surface area contributed by atoms with Gasteiger partial charge in [0.15, 0.2) is 6.10 Å². The summed E-state index contributed by atoms with van der Waals surface area (Å²) in [6.07, 6.45) is 2.86. The van der Waals surface area contributed by atoms with Crippen molar-refractivity contribution in [1.29, 1.82) is 0 Å². The third-order valence-electron chi connectivity index (χ3n) is 5.43. The standard InChI is InChI=1S/C20H28BrClN2O3/c1-15(27-19-3-2-17(22)14-18(19)21)20(25)24-8-5-16(6-9-24)4-7-23-10-12-26-13-11-23/h2-3,14-16H,4-13H2,1H3. The molecule has 0 radical (unpaired) electrons. The number of hydrogen-bond acceptors (Lipinski definition) is 4. The first kappa shape index (κ1) is 20.9. The molecular formula is C20H28BrClN2O3. The zero-order chi connectivity index (χ0) is 19.2. The van der Waals surface area contributed by atoms with Crippen molar-refractivity contribution in [2.45, 2.75) is 32.3 Å². The van der Waals surface area contributed by atoms with Crippen molar-refractivity contribution >= 4 is 33.4 Å². The monoisotopic (exact) mass is 458 g/mol. The van der Waals surface area contributed by atoms with Crippen LogP contribution >= 0.6 is 27.5 Å². The Kier molecular flexibility index (Phi) is 7.82. The first-order valence-corrected chi connectivity index (χ1v) is 10.9. The lowest BCUT2D eigenvalue weighted by molar-refractivity contribution is -0.139. The van der Waals surface area contributed by atoms with Crippen molar-refractivity contribution in [3.05, 3.63) is 27.7 Å². The van der Waals surface area contributed by atoms with Crippen molar-refractivity contribution in [3.8, 4) is 5.75 Å². The molecule has 2 heterocycles. The summed E-state index contributed by atoms with van der Waals surface area (Å²) >= 11 is 9.39. The van der Waals surface area contributed by atoms with Crippen LogP contribution in [-0.2, 0) is 9.53 Å². The van der Waals surface area contributed by atoms with E-state index in [0.29, 0.717) is 16.7 Å². The molecule has 0 aliphatic carbocycles. The van der Waals surface area contributed by atoms with Gasteiger partial charge in [-0.25, -0.2) is 0 Å². The van der Waals surface area contributed by atoms with Gasteiger partial charge in [-0.2, -0.15) is 0 Å². The Bertz CT molecular complexity index is 632. The smallest absolute Gasteiger partial charge is 0.263 e. The summed E-state index contributed by atoms with van der Waals surface area (Å²) in [6.45, 7) is 8.41. The van der Waals surface area contributed by atoms with E-state index in [-0.39, 0.29) is 5.91 Å². The fourth-order valence-corrected chi connectivity index (χ4v) is 4.48. The summed E-state index contributed by atoms with van der Waals surface area (Å²) in [5, 5.41) is 0.632. The lowest BCUT2D eigenvalue weighted by Crippen LogP contribution is -2.45. The molecule has 0 spiro atoms. The van der Waals surface area contributed by atoms with Gasteiger partial charge in [0.2, 0.25) is 0 Å². The highest BCUT2D eigenvalue weighted by Crippen LogP contribution is 2.29. The Morgan fingerprint density at radius 1 is 1.30 bits per heavy atom. The fourth-order valence-electron chi connectivity index (χ4n) is 3.70. The minimum Gasteiger partial charge on any atom is -0.480 e. The van der Waals surface area contributed by atoms with Crippen LogP contribution in [0, 0.1) is 5.92 Å². The second kappa shape index (κ2) is 10.1. The Balaban J connectivity index is 1.42. The number of benzene rings is 1. The minimum atomic E-state index is -0.507. The number of morpholine rings is 1. The van der Waals surface area contributed by atoms with Gasteiger partial charge < -0.3 is 14.4 Å². The van der Waals surface area contributed by atoms with Crippen LogP contribution in [0.15, 0.2) is 22.7 Å². The molecule has 2 saturated heterocycles. The molecule has 0 N–H and O–H groups in total. The normalized spacial score (nSPS) is 20.5. The van der Waals surface area contributed by atoms with Crippen LogP contribution in [0.3, 0.4) is 0 Å². The highest BCUT2D eigenvalue weighted by atomic mass is 79.9. The maximum Gasteiger partial charge on any atom is 0.263 e. The fraction of sp³-hybridized carbons (Fsp3) is 0.650. The first-order chi connectivity index (χ1) is 13.0. The molecule has 0 bridgehead atoms. The van der Waals surface area contributed by atoms with Crippen molar-refractivity contribution in [2.24, 2.45) is 5.92 Å². The van der Waals surface area contributed by atoms with E-state index in [2.05, 4.69) is 20.8 Å². The zero-order valence-corrected chi connectivity index (χ0v) is 18.2. The molecule has 2 fully saturated rings. The van der Waals surface area contributed by atoms with Gasteiger partial charge in [0, 0.05) is 31.2 Å². The molecule has 7 heteroatoms. The van der Waals surface area contributed by atoms with Crippen molar-refractivity contribution in [1.82, 2.24) is 9.80 Å². The molecule has 2 aliphatic rings. The molecular weight excluding hydrogens is 432 g/mol. The number of carbonyl (C=O) groups is 1. The summed E-state index contributed by atoms with van der Waals surface area (Å²) < 4.78 is 12.0. The number of hydrogen-bond donors (Lipinski definition) is 0. The van der Waals surface area contributed by atoms with Crippen molar-refractivity contribution in [3.63, 3.8) is 0 Å². The number of likely N-dealkylation sites (tertiary alicyclic amines) is 1. The molecule has 27 heavy (non-hydrogen) atoms. The van der Waals surface area contributed by atoms with E-state index in [1.54, 1.807) is 18.2 Å². The van der Waals surface area contributed by atoms with Gasteiger partial charge in [-0.1, -0.05) is 11.6 Å². The van der Waals surface area contributed by atoms with Gasteiger partial charge in [0.05, 0.1) is 17.7 Å². The van der Waals surface area contributed by atoms with Crippen LogP contribution in [0.5, 0.6) is 5.75 Å². The number of rotatable bonds is 6. The van der Waals surface area contributed by atoms with Crippen molar-refractivity contribution < 1.29 is 14.3 Å². The lowest BCUT2D eigenvalue weighted by atomic mass is 9.93. The molecule has 2 aliphatic heterocycles. The summed E-state index contributed by atoms with van der Waals surface area (Å²) in [6, 6.07) is 5.32. The number of halogens is 2. The number of ether oxygens (including phenoxy) is 2. The van der Waals surface area contributed by atoms with E-state index in [4.69, 9.17) is 21.1 Å². The molecule has 150 valence electrons. The zero-order valence-electron chi connectivity index (χ0n) is 15.8. The molecule has 1 amide bonds. The summed E-state index contributed by atoms with van der Waals surface area (Å²) in [5.74, 6) is 1.41. The van der Waals surface area contributed by atoms with Crippen LogP contribution in [0.2, 0.25) is 5.02 Å². The van der Waals surface area contributed by atoms with Gasteiger partial charge in [0.25, 0.3) is 5.91 Å². The average Bonchev–Trinajstić information content (AvgIpc) is 2.69. The average molecular weight is 460 g/mol. The Morgan fingerprint density at radius 2 is 2.00 bits per heavy atom. The predicted octanol–water partition coefficient (Wildman–Crippen LogP) is 3.83. The second-order valence-corrected chi connectivity index (χ2v) is 8.64. The van der Waals surface area contributed by atoms with Crippen molar-refractivity contribution in [2.75, 3.05) is 45.9 Å². The lowest BCUT2D eigenvalue weighted by Gasteiger charge is -2.35. The third kappa shape index (κ3) is 6.08. The van der Waals surface area contributed by atoms with Gasteiger partial charge in [-0.05, 0) is 72.8 Å². The van der Waals surface area contributed by atoms with Crippen LogP contribution in [0.25, 0.3) is 0 Å². The van der Waals surface area contributed by atoms with Crippen LogP contribution < -0.4 is 4.74 Å². The quantitative estimate of drug-likeness (QED) is 0.648.